The molecule has 1 aliphatic heterocycles. The molecule has 1 aliphatic rings. The largest absolute Gasteiger partial charge is 0.481 e. The van der Waals surface area contributed by atoms with Crippen molar-refractivity contribution in [2.24, 2.45) is 5.92 Å². The summed E-state index contributed by atoms with van der Waals surface area (Å²) in [5.41, 5.74) is 0.934. The molecule has 1 saturated heterocycles. The molecule has 2 rings (SSSR count). The Morgan fingerprint density at radius 2 is 2.53 bits per heavy atom. The van der Waals surface area contributed by atoms with Crippen LogP contribution in [0.25, 0.3) is 0 Å². The second-order valence-electron chi connectivity index (χ2n) is 3.88. The van der Waals surface area contributed by atoms with E-state index >= 15 is 0 Å². The summed E-state index contributed by atoms with van der Waals surface area (Å²) in [6.45, 7) is 3.19. The summed E-state index contributed by atoms with van der Waals surface area (Å²) in [4.78, 5) is 11.1. The number of hydrogen-bond donors (Lipinski definition) is 2. The van der Waals surface area contributed by atoms with Gasteiger partial charge >= 0.3 is 5.97 Å². The third-order valence-corrected chi connectivity index (χ3v) is 2.99. The van der Waals surface area contributed by atoms with Crippen molar-refractivity contribution >= 4 is 5.97 Å². The number of carboxylic acids is 1. The van der Waals surface area contributed by atoms with E-state index in [2.05, 4.69) is 10.5 Å². The van der Waals surface area contributed by atoms with Gasteiger partial charge in [-0.25, -0.2) is 0 Å². The Morgan fingerprint density at radius 1 is 1.73 bits per heavy atom. The molecule has 0 saturated carbocycles. The highest BCUT2D eigenvalue weighted by Gasteiger charge is 2.33. The molecule has 0 spiro atoms. The van der Waals surface area contributed by atoms with E-state index in [1.54, 1.807) is 6.20 Å². The minimum absolute atomic E-state index is 0.0231. The van der Waals surface area contributed by atoms with Crippen LogP contribution in [0, 0.1) is 12.8 Å². The summed E-state index contributed by atoms with van der Waals surface area (Å²) >= 11 is 0. The number of nitrogens with zero attached hydrogens (tertiary/aromatic N) is 1. The summed E-state index contributed by atoms with van der Waals surface area (Å²) < 4.78 is 4.98. The van der Waals surface area contributed by atoms with Crippen LogP contribution in [0.2, 0.25) is 0 Å². The normalized spacial score (nSPS) is 26.5. The van der Waals surface area contributed by atoms with E-state index < -0.39 is 5.97 Å². The van der Waals surface area contributed by atoms with Crippen molar-refractivity contribution in [1.29, 1.82) is 0 Å². The molecule has 0 aliphatic carbocycles. The Morgan fingerprint density at radius 3 is 3.13 bits per heavy atom. The third-order valence-electron chi connectivity index (χ3n) is 2.99. The number of rotatable bonds is 2. The fraction of sp³-hybridized carbons (Fsp3) is 0.600. The van der Waals surface area contributed by atoms with Crippen LogP contribution in [0.4, 0.5) is 0 Å². The van der Waals surface area contributed by atoms with Gasteiger partial charge in [-0.1, -0.05) is 5.16 Å². The van der Waals surface area contributed by atoms with Crippen LogP contribution in [0.5, 0.6) is 0 Å². The van der Waals surface area contributed by atoms with Crippen molar-refractivity contribution in [2.45, 2.75) is 19.3 Å². The van der Waals surface area contributed by atoms with Crippen molar-refractivity contribution in [2.75, 3.05) is 13.1 Å². The number of piperidine rings is 1. The highest BCUT2D eigenvalue weighted by Crippen LogP contribution is 2.32. The van der Waals surface area contributed by atoms with Gasteiger partial charge in [0.2, 0.25) is 0 Å². The lowest BCUT2D eigenvalue weighted by Gasteiger charge is -2.28. The Kier molecular flexibility index (Phi) is 2.73. The molecule has 0 aromatic carbocycles. The average Bonchev–Trinajstić information content (AvgIpc) is 2.64. The number of hydrogen-bond acceptors (Lipinski definition) is 4. The number of carbonyl (C=O) groups is 1. The topological polar surface area (TPSA) is 75.4 Å². The van der Waals surface area contributed by atoms with Crippen molar-refractivity contribution in [1.82, 2.24) is 10.5 Å². The second-order valence-corrected chi connectivity index (χ2v) is 3.88. The maximum absolute atomic E-state index is 11.1. The fourth-order valence-corrected chi connectivity index (χ4v) is 2.15. The molecule has 15 heavy (non-hydrogen) atoms. The molecular weight excluding hydrogens is 196 g/mol. The molecule has 0 bridgehead atoms. The molecule has 5 heteroatoms. The van der Waals surface area contributed by atoms with Crippen molar-refractivity contribution in [3.05, 3.63) is 17.5 Å². The molecule has 1 aromatic rings. The highest BCUT2D eigenvalue weighted by atomic mass is 16.5. The van der Waals surface area contributed by atoms with Crippen molar-refractivity contribution in [3.8, 4) is 0 Å². The second kappa shape index (κ2) is 4.02. The molecule has 82 valence electrons. The van der Waals surface area contributed by atoms with E-state index in [1.165, 1.54) is 0 Å². The van der Waals surface area contributed by atoms with Crippen molar-refractivity contribution < 1.29 is 14.4 Å². The zero-order chi connectivity index (χ0) is 10.8. The zero-order valence-corrected chi connectivity index (χ0v) is 8.56. The first-order chi connectivity index (χ1) is 7.20. The van der Waals surface area contributed by atoms with Gasteiger partial charge in [0.1, 0.15) is 5.76 Å². The smallest absolute Gasteiger partial charge is 0.308 e. The van der Waals surface area contributed by atoms with Gasteiger partial charge in [-0.15, -0.1) is 0 Å². The van der Waals surface area contributed by atoms with Crippen LogP contribution in [0.1, 0.15) is 23.7 Å². The van der Waals surface area contributed by atoms with Crippen LogP contribution < -0.4 is 5.32 Å². The van der Waals surface area contributed by atoms with Gasteiger partial charge in [-0.2, -0.15) is 0 Å². The van der Waals surface area contributed by atoms with E-state index in [9.17, 15) is 4.79 Å². The van der Waals surface area contributed by atoms with Gasteiger partial charge in [-0.05, 0) is 19.9 Å². The number of carboxylic acid groups (broad SMARTS) is 1. The number of aliphatic carboxylic acids is 1. The molecule has 1 fully saturated rings. The van der Waals surface area contributed by atoms with Crippen LogP contribution in [-0.2, 0) is 4.79 Å². The van der Waals surface area contributed by atoms with E-state index in [4.69, 9.17) is 9.63 Å². The summed E-state index contributed by atoms with van der Waals surface area (Å²) in [7, 11) is 0. The molecule has 1 aromatic heterocycles. The number of aromatic nitrogens is 1. The Balaban J connectivity index is 2.25. The van der Waals surface area contributed by atoms with E-state index in [0.717, 1.165) is 24.3 Å². The molecule has 2 atom stereocenters. The SMILES string of the molecule is Cc1oncc1C1CCNCC1C(=O)O. The third kappa shape index (κ3) is 1.87. The Bertz CT molecular complexity index is 361. The maximum Gasteiger partial charge on any atom is 0.308 e. The molecule has 2 N–H and O–H groups in total. The van der Waals surface area contributed by atoms with Crippen LogP contribution in [-0.4, -0.2) is 29.3 Å². The lowest BCUT2D eigenvalue weighted by atomic mass is 9.81. The molecule has 2 heterocycles. The summed E-state index contributed by atoms with van der Waals surface area (Å²) in [6, 6.07) is 0. The van der Waals surface area contributed by atoms with Gasteiger partial charge in [0.25, 0.3) is 0 Å². The molecule has 0 amide bonds. The number of nitrogens with one attached hydrogen (secondary N) is 1. The summed E-state index contributed by atoms with van der Waals surface area (Å²) in [5.74, 6) is -0.382. The zero-order valence-electron chi connectivity index (χ0n) is 8.56. The molecule has 5 nitrogen and oxygen atoms in total. The Labute approximate surface area is 87.5 Å². The summed E-state index contributed by atoms with van der Waals surface area (Å²) in [6.07, 6.45) is 2.46. The lowest BCUT2D eigenvalue weighted by molar-refractivity contribution is -0.142. The monoisotopic (exact) mass is 210 g/mol. The van der Waals surface area contributed by atoms with E-state index in [1.807, 2.05) is 6.92 Å². The molecule has 2 unspecified atom stereocenters. The average molecular weight is 210 g/mol. The molecular formula is C10H14N2O3. The van der Waals surface area contributed by atoms with Crippen LogP contribution in [0.15, 0.2) is 10.7 Å². The highest BCUT2D eigenvalue weighted by molar-refractivity contribution is 5.72. The van der Waals surface area contributed by atoms with Gasteiger partial charge in [0.05, 0.1) is 12.1 Å². The maximum atomic E-state index is 11.1. The van der Waals surface area contributed by atoms with Crippen LogP contribution >= 0.6 is 0 Å². The fourth-order valence-electron chi connectivity index (χ4n) is 2.15. The first-order valence-electron chi connectivity index (χ1n) is 5.05. The summed E-state index contributed by atoms with van der Waals surface area (Å²) in [5, 5.41) is 15.9. The lowest BCUT2D eigenvalue weighted by Crippen LogP contribution is -2.39. The standard InChI is InChI=1S/C10H14N2O3/c1-6-8(5-12-15-6)7-2-3-11-4-9(7)10(13)14/h5,7,9,11H,2-4H2,1H3,(H,13,14). The van der Waals surface area contributed by atoms with E-state index in [-0.39, 0.29) is 11.8 Å². The van der Waals surface area contributed by atoms with Gasteiger partial charge < -0.3 is 14.9 Å². The first-order valence-corrected chi connectivity index (χ1v) is 5.05. The molecule has 0 radical (unpaired) electrons. The number of aryl methyl sites for hydroxylation is 1. The Hall–Kier alpha value is -1.36. The minimum Gasteiger partial charge on any atom is -0.481 e. The van der Waals surface area contributed by atoms with Gasteiger partial charge in [-0.3, -0.25) is 4.79 Å². The minimum atomic E-state index is -0.757. The van der Waals surface area contributed by atoms with Crippen LogP contribution in [0.3, 0.4) is 0 Å². The van der Waals surface area contributed by atoms with Gasteiger partial charge in [0, 0.05) is 18.0 Å². The van der Waals surface area contributed by atoms with Crippen molar-refractivity contribution in [3.63, 3.8) is 0 Å². The first kappa shape index (κ1) is 10.2. The predicted octanol–water partition coefficient (Wildman–Crippen LogP) is 0.761. The predicted molar refractivity (Wildman–Crippen MR) is 52.6 cm³/mol. The van der Waals surface area contributed by atoms with E-state index in [0.29, 0.717) is 6.54 Å². The quantitative estimate of drug-likeness (QED) is 0.753. The van der Waals surface area contributed by atoms with Gasteiger partial charge in [0.15, 0.2) is 0 Å².